The number of nitrogens with one attached hydrogen (secondary N) is 1. The lowest BCUT2D eigenvalue weighted by atomic mass is 10.3. The molecule has 3 aromatic rings. The van der Waals surface area contributed by atoms with Crippen molar-refractivity contribution in [1.29, 1.82) is 0 Å². The van der Waals surface area contributed by atoms with Crippen molar-refractivity contribution in [3.05, 3.63) is 45.2 Å². The van der Waals surface area contributed by atoms with E-state index in [9.17, 15) is 4.79 Å². The maximum absolute atomic E-state index is 12.6. The Balaban J connectivity index is 2.30. The van der Waals surface area contributed by atoms with Gasteiger partial charge in [-0.3, -0.25) is 9.89 Å². The minimum absolute atomic E-state index is 0.120. The summed E-state index contributed by atoms with van der Waals surface area (Å²) in [6.45, 7) is 5.84. The van der Waals surface area contributed by atoms with Crippen molar-refractivity contribution in [3.8, 4) is 5.13 Å². The van der Waals surface area contributed by atoms with Gasteiger partial charge in [-0.2, -0.15) is 4.68 Å². The third-order valence-electron chi connectivity index (χ3n) is 3.47. The Labute approximate surface area is 125 Å². The predicted octanol–water partition coefficient (Wildman–Crippen LogP) is 0.875. The van der Waals surface area contributed by atoms with Gasteiger partial charge in [-0.1, -0.05) is 30.0 Å². The Morgan fingerprint density at radius 1 is 1.38 bits per heavy atom. The fourth-order valence-corrected chi connectivity index (χ4v) is 3.10. The summed E-state index contributed by atoms with van der Waals surface area (Å²) in [5.74, 6) is 0. The first-order valence-electron chi connectivity index (χ1n) is 6.53. The maximum atomic E-state index is 12.6. The molecular formula is C15H16N4OS. The van der Waals surface area contributed by atoms with Crippen LogP contribution in [-0.2, 0) is 0 Å². The highest BCUT2D eigenvalue weighted by atomic mass is 32.1. The minimum atomic E-state index is -0.120. The van der Waals surface area contributed by atoms with E-state index >= 15 is 0 Å². The van der Waals surface area contributed by atoms with Crippen molar-refractivity contribution in [2.75, 3.05) is 14.1 Å². The summed E-state index contributed by atoms with van der Waals surface area (Å²) in [7, 11) is 3.81. The number of aromatic amines is 1. The van der Waals surface area contributed by atoms with Gasteiger partial charge in [-0.15, -0.1) is 0 Å². The zero-order chi connectivity index (χ0) is 15.1. The molecule has 0 unspecified atom stereocenters. The van der Waals surface area contributed by atoms with E-state index in [1.807, 2.05) is 50.2 Å². The average Bonchev–Trinajstić information content (AvgIpc) is 2.99. The van der Waals surface area contributed by atoms with Gasteiger partial charge < -0.3 is 4.90 Å². The molecule has 108 valence electrons. The standard InChI is InChI=1S/C15H16N4OS/c1-9-13(10(2)18(3)4)14(20)19(17-9)15-16-11-7-5-6-8-12(11)21-15/h5-8,17H,1H2,2-4H3. The van der Waals surface area contributed by atoms with Gasteiger partial charge in [-0.05, 0) is 19.1 Å². The van der Waals surface area contributed by atoms with E-state index in [0.29, 0.717) is 15.7 Å². The number of aromatic nitrogens is 3. The molecule has 0 spiro atoms. The summed E-state index contributed by atoms with van der Waals surface area (Å²) in [6, 6.07) is 7.83. The molecule has 1 N–H and O–H groups in total. The Hall–Kier alpha value is -2.34. The molecule has 5 nitrogen and oxygen atoms in total. The van der Waals surface area contributed by atoms with Crippen molar-refractivity contribution in [3.63, 3.8) is 0 Å². The normalized spacial score (nSPS) is 12.7. The molecule has 0 amide bonds. The van der Waals surface area contributed by atoms with Gasteiger partial charge in [0.15, 0.2) is 0 Å². The molecule has 0 fully saturated rings. The Morgan fingerprint density at radius 3 is 2.76 bits per heavy atom. The van der Waals surface area contributed by atoms with Crippen LogP contribution in [0.3, 0.4) is 0 Å². The second-order valence-corrected chi connectivity index (χ2v) is 6.06. The number of para-hydroxylation sites is 1. The molecule has 0 saturated heterocycles. The molecule has 3 rings (SSSR count). The smallest absolute Gasteiger partial charge is 0.282 e. The topological polar surface area (TPSA) is 53.9 Å². The van der Waals surface area contributed by atoms with Crippen molar-refractivity contribution in [1.82, 2.24) is 19.7 Å². The number of thiazole rings is 1. The van der Waals surface area contributed by atoms with Gasteiger partial charge in [0, 0.05) is 19.8 Å². The monoisotopic (exact) mass is 300 g/mol. The molecule has 0 aliphatic rings. The summed E-state index contributed by atoms with van der Waals surface area (Å²) in [4.78, 5) is 19.0. The van der Waals surface area contributed by atoms with Crippen LogP contribution >= 0.6 is 11.3 Å². The van der Waals surface area contributed by atoms with Gasteiger partial charge in [0.25, 0.3) is 5.56 Å². The van der Waals surface area contributed by atoms with Crippen molar-refractivity contribution in [2.45, 2.75) is 6.92 Å². The van der Waals surface area contributed by atoms with E-state index in [1.165, 1.54) is 16.0 Å². The Bertz CT molecular complexity index is 944. The van der Waals surface area contributed by atoms with E-state index in [1.54, 1.807) is 0 Å². The van der Waals surface area contributed by atoms with Crippen LogP contribution in [0.2, 0.25) is 0 Å². The van der Waals surface area contributed by atoms with Gasteiger partial charge in [0.1, 0.15) is 0 Å². The SMILES string of the molecule is C=c1[nH]n(-c2nc3ccccc3s2)c(=O)c1=C(C)N(C)C. The molecule has 21 heavy (non-hydrogen) atoms. The molecule has 0 aliphatic heterocycles. The molecule has 1 aromatic carbocycles. The van der Waals surface area contributed by atoms with E-state index < -0.39 is 0 Å². The van der Waals surface area contributed by atoms with E-state index in [2.05, 4.69) is 16.7 Å². The Kier molecular flexibility index (Phi) is 3.17. The number of benzene rings is 1. The highest BCUT2D eigenvalue weighted by Gasteiger charge is 2.11. The fourth-order valence-electron chi connectivity index (χ4n) is 2.17. The largest absolute Gasteiger partial charge is 0.380 e. The first kappa shape index (κ1) is 13.6. The maximum Gasteiger partial charge on any atom is 0.282 e. The molecular weight excluding hydrogens is 284 g/mol. The van der Waals surface area contributed by atoms with Crippen LogP contribution in [0.1, 0.15) is 6.92 Å². The Morgan fingerprint density at radius 2 is 2.10 bits per heavy atom. The zero-order valence-corrected chi connectivity index (χ0v) is 13.0. The summed E-state index contributed by atoms with van der Waals surface area (Å²) in [5, 5.41) is 4.85. The second-order valence-electron chi connectivity index (χ2n) is 5.05. The summed E-state index contributed by atoms with van der Waals surface area (Å²) >= 11 is 1.48. The molecule has 2 aromatic heterocycles. The minimum Gasteiger partial charge on any atom is -0.380 e. The first-order valence-corrected chi connectivity index (χ1v) is 7.35. The fraction of sp³-hybridized carbons (Fsp3) is 0.200. The number of rotatable bonds is 2. The number of hydrogen-bond donors (Lipinski definition) is 1. The molecule has 0 atom stereocenters. The third kappa shape index (κ3) is 2.17. The lowest BCUT2D eigenvalue weighted by Gasteiger charge is -2.10. The van der Waals surface area contributed by atoms with Gasteiger partial charge in [0.05, 0.1) is 20.8 Å². The predicted molar refractivity (Wildman–Crippen MR) is 87.1 cm³/mol. The summed E-state index contributed by atoms with van der Waals surface area (Å²) < 4.78 is 2.52. The average molecular weight is 300 g/mol. The number of hydrogen-bond acceptors (Lipinski definition) is 4. The number of H-pyrrole nitrogens is 1. The highest BCUT2D eigenvalue weighted by molar-refractivity contribution is 7.20. The van der Waals surface area contributed by atoms with Crippen LogP contribution in [0.4, 0.5) is 0 Å². The quantitative estimate of drug-likeness (QED) is 0.764. The zero-order valence-electron chi connectivity index (χ0n) is 12.2. The summed E-state index contributed by atoms with van der Waals surface area (Å²) in [5.41, 5.74) is 1.64. The molecule has 0 saturated carbocycles. The van der Waals surface area contributed by atoms with E-state index in [-0.39, 0.29) is 5.56 Å². The highest BCUT2D eigenvalue weighted by Crippen LogP contribution is 2.22. The second kappa shape index (κ2) is 4.89. The van der Waals surface area contributed by atoms with Gasteiger partial charge in [-0.25, -0.2) is 4.98 Å². The van der Waals surface area contributed by atoms with Crippen LogP contribution in [-0.4, -0.2) is 33.8 Å². The summed E-state index contributed by atoms with van der Waals surface area (Å²) in [6.07, 6.45) is 0. The van der Waals surface area contributed by atoms with Crippen molar-refractivity contribution < 1.29 is 0 Å². The van der Waals surface area contributed by atoms with Crippen LogP contribution in [0.25, 0.3) is 27.6 Å². The molecule has 0 aliphatic carbocycles. The van der Waals surface area contributed by atoms with E-state index in [0.717, 1.165) is 15.9 Å². The number of nitrogens with zero attached hydrogens (tertiary/aromatic N) is 3. The van der Waals surface area contributed by atoms with Gasteiger partial charge >= 0.3 is 0 Å². The van der Waals surface area contributed by atoms with Crippen molar-refractivity contribution >= 4 is 33.8 Å². The molecule has 0 bridgehead atoms. The van der Waals surface area contributed by atoms with Crippen molar-refractivity contribution in [2.24, 2.45) is 0 Å². The lowest BCUT2D eigenvalue weighted by molar-refractivity contribution is 0.580. The van der Waals surface area contributed by atoms with Crippen LogP contribution < -0.4 is 16.1 Å². The first-order chi connectivity index (χ1) is 9.99. The molecule has 0 radical (unpaired) electrons. The lowest BCUT2D eigenvalue weighted by Crippen LogP contribution is -2.38. The van der Waals surface area contributed by atoms with Crippen LogP contribution in [0, 0.1) is 0 Å². The third-order valence-corrected chi connectivity index (χ3v) is 4.49. The van der Waals surface area contributed by atoms with Gasteiger partial charge in [0.2, 0.25) is 5.13 Å². The van der Waals surface area contributed by atoms with Crippen LogP contribution in [0.15, 0.2) is 29.1 Å². The van der Waals surface area contributed by atoms with E-state index in [4.69, 9.17) is 0 Å². The van der Waals surface area contributed by atoms with Crippen LogP contribution in [0.5, 0.6) is 0 Å². The number of fused-ring (bicyclic) bond motifs is 1. The molecule has 6 heteroatoms. The molecule has 2 heterocycles.